The van der Waals surface area contributed by atoms with Gasteiger partial charge in [-0.1, -0.05) is 11.6 Å². The van der Waals surface area contributed by atoms with Crippen LogP contribution in [0.2, 0.25) is 5.02 Å². The van der Waals surface area contributed by atoms with E-state index in [9.17, 15) is 0 Å². The van der Waals surface area contributed by atoms with Crippen LogP contribution in [0.15, 0.2) is 33.8 Å². The topological polar surface area (TPSA) is 65.7 Å². The van der Waals surface area contributed by atoms with Gasteiger partial charge in [-0.3, -0.25) is 0 Å². The Kier molecular flexibility index (Phi) is 5.14. The molecular weight excluding hydrogens is 354 g/mol. The van der Waals surface area contributed by atoms with Crippen LogP contribution in [0.5, 0.6) is 5.75 Å². The maximum Gasteiger partial charge on any atom is 0.198 e. The predicted octanol–water partition coefficient (Wildman–Crippen LogP) is 3.84. The largest absolute Gasteiger partial charge is 0.486 e. The van der Waals surface area contributed by atoms with E-state index in [-0.39, 0.29) is 0 Å². The van der Waals surface area contributed by atoms with Crippen molar-refractivity contribution in [1.29, 1.82) is 0 Å². The number of rotatable bonds is 6. The molecular formula is C14H14ClN5OS2. The summed E-state index contributed by atoms with van der Waals surface area (Å²) in [5, 5.41) is 9.92. The Bertz CT molecular complexity index is 787. The molecule has 23 heavy (non-hydrogen) atoms. The van der Waals surface area contributed by atoms with Gasteiger partial charge >= 0.3 is 0 Å². The number of halogens is 1. The summed E-state index contributed by atoms with van der Waals surface area (Å²) < 4.78 is 12.8. The van der Waals surface area contributed by atoms with E-state index in [0.29, 0.717) is 11.6 Å². The van der Waals surface area contributed by atoms with Crippen LogP contribution in [0.4, 0.5) is 0 Å². The number of aryl methyl sites for hydroxylation is 1. The zero-order chi connectivity index (χ0) is 16.2. The molecule has 0 spiro atoms. The molecule has 3 aromatic rings. The predicted molar refractivity (Wildman–Crippen MR) is 90.2 cm³/mol. The van der Waals surface area contributed by atoms with E-state index in [4.69, 9.17) is 16.3 Å². The van der Waals surface area contributed by atoms with Gasteiger partial charge in [0.2, 0.25) is 0 Å². The molecule has 9 heteroatoms. The van der Waals surface area contributed by atoms with Gasteiger partial charge < -0.3 is 9.30 Å². The molecule has 0 amide bonds. The number of hydrogen-bond donors (Lipinski definition) is 0. The summed E-state index contributed by atoms with van der Waals surface area (Å²) in [5.74, 6) is 2.28. The first kappa shape index (κ1) is 16.2. The average molecular weight is 368 g/mol. The molecule has 6 nitrogen and oxygen atoms in total. The summed E-state index contributed by atoms with van der Waals surface area (Å²) in [6.45, 7) is 5.02. The van der Waals surface area contributed by atoms with Crippen molar-refractivity contribution in [2.75, 3.05) is 0 Å². The Balaban J connectivity index is 1.71. The van der Waals surface area contributed by atoms with Gasteiger partial charge in [0.05, 0.1) is 0 Å². The molecule has 0 saturated heterocycles. The zero-order valence-electron chi connectivity index (χ0n) is 12.6. The van der Waals surface area contributed by atoms with E-state index in [1.165, 1.54) is 23.3 Å². The lowest BCUT2D eigenvalue weighted by Crippen LogP contribution is -2.06. The van der Waals surface area contributed by atoms with Crippen LogP contribution in [0.3, 0.4) is 0 Å². The van der Waals surface area contributed by atoms with E-state index in [1.54, 1.807) is 12.1 Å². The summed E-state index contributed by atoms with van der Waals surface area (Å²) >= 11 is 8.69. The Labute approximate surface area is 147 Å². The second-order valence-electron chi connectivity index (χ2n) is 4.60. The third-order valence-corrected chi connectivity index (χ3v) is 5.06. The van der Waals surface area contributed by atoms with Crippen molar-refractivity contribution in [3.63, 3.8) is 0 Å². The maximum atomic E-state index is 5.86. The van der Waals surface area contributed by atoms with Crippen molar-refractivity contribution in [1.82, 2.24) is 24.1 Å². The monoisotopic (exact) mass is 367 g/mol. The number of ether oxygens (including phenoxy) is 1. The van der Waals surface area contributed by atoms with Gasteiger partial charge in [0, 0.05) is 11.6 Å². The van der Waals surface area contributed by atoms with Gasteiger partial charge in [0.25, 0.3) is 0 Å². The van der Waals surface area contributed by atoms with Crippen LogP contribution in [0.1, 0.15) is 18.6 Å². The van der Waals surface area contributed by atoms with Gasteiger partial charge in [0.15, 0.2) is 15.3 Å². The number of nitrogens with zero attached hydrogens (tertiary/aromatic N) is 5. The first-order chi connectivity index (χ1) is 11.2. The summed E-state index contributed by atoms with van der Waals surface area (Å²) in [7, 11) is 0. The van der Waals surface area contributed by atoms with E-state index >= 15 is 0 Å². The molecule has 1 aromatic carbocycles. The minimum Gasteiger partial charge on any atom is -0.486 e. The van der Waals surface area contributed by atoms with Gasteiger partial charge in [-0.15, -0.1) is 10.2 Å². The van der Waals surface area contributed by atoms with Crippen LogP contribution in [0, 0.1) is 6.92 Å². The summed E-state index contributed by atoms with van der Waals surface area (Å²) in [6.07, 6.45) is 0. The molecule has 0 aliphatic carbocycles. The number of aromatic nitrogens is 5. The van der Waals surface area contributed by atoms with Crippen molar-refractivity contribution in [2.24, 2.45) is 0 Å². The Hall–Kier alpha value is -1.64. The second kappa shape index (κ2) is 7.29. The van der Waals surface area contributed by atoms with Crippen molar-refractivity contribution in [3.8, 4) is 5.75 Å². The fourth-order valence-electron chi connectivity index (χ4n) is 1.90. The fraction of sp³-hybridized carbons (Fsp3) is 0.286. The lowest BCUT2D eigenvalue weighted by atomic mass is 10.3. The molecule has 0 fully saturated rings. The standard InChI is InChI=1S/C14H14ClN5OS2/c1-3-20-12(8-21-11-6-4-10(15)5-7-11)17-18-13(20)22-14-16-9(2)19-23-14/h4-7H,3,8H2,1-2H3. The molecule has 120 valence electrons. The highest BCUT2D eigenvalue weighted by molar-refractivity contribution is 8.00. The second-order valence-corrected chi connectivity index (χ2v) is 7.00. The first-order valence-corrected chi connectivity index (χ1v) is 8.91. The molecule has 0 atom stereocenters. The zero-order valence-corrected chi connectivity index (χ0v) is 15.0. The van der Waals surface area contributed by atoms with Crippen molar-refractivity contribution in [3.05, 3.63) is 40.9 Å². The van der Waals surface area contributed by atoms with Crippen LogP contribution < -0.4 is 4.74 Å². The minimum absolute atomic E-state index is 0.345. The van der Waals surface area contributed by atoms with E-state index in [2.05, 4.69) is 19.6 Å². The molecule has 0 aliphatic rings. The van der Waals surface area contributed by atoms with E-state index in [1.807, 2.05) is 30.5 Å². The van der Waals surface area contributed by atoms with E-state index in [0.717, 1.165) is 33.4 Å². The van der Waals surface area contributed by atoms with E-state index < -0.39 is 0 Å². The minimum atomic E-state index is 0.345. The molecule has 0 bridgehead atoms. The molecule has 0 N–H and O–H groups in total. The van der Waals surface area contributed by atoms with Crippen LogP contribution in [-0.2, 0) is 13.2 Å². The van der Waals surface area contributed by atoms with Gasteiger partial charge in [0.1, 0.15) is 18.2 Å². The van der Waals surface area contributed by atoms with Gasteiger partial charge in [-0.25, -0.2) is 4.98 Å². The third kappa shape index (κ3) is 4.01. The molecule has 2 aromatic heterocycles. The molecule has 3 rings (SSSR count). The molecule has 0 aliphatic heterocycles. The normalized spacial score (nSPS) is 10.9. The van der Waals surface area contributed by atoms with Crippen molar-refractivity contribution >= 4 is 34.9 Å². The quantitative estimate of drug-likeness (QED) is 0.659. The highest BCUT2D eigenvalue weighted by Gasteiger charge is 2.14. The number of benzene rings is 1. The maximum absolute atomic E-state index is 5.86. The first-order valence-electron chi connectivity index (χ1n) is 6.94. The highest BCUT2D eigenvalue weighted by atomic mass is 35.5. The summed E-state index contributed by atoms with van der Waals surface area (Å²) in [4.78, 5) is 4.34. The summed E-state index contributed by atoms with van der Waals surface area (Å²) in [6, 6.07) is 7.24. The Morgan fingerprint density at radius 3 is 2.70 bits per heavy atom. The Morgan fingerprint density at radius 1 is 1.26 bits per heavy atom. The molecule has 2 heterocycles. The van der Waals surface area contributed by atoms with Crippen molar-refractivity contribution < 1.29 is 4.74 Å². The number of hydrogen-bond acceptors (Lipinski definition) is 7. The van der Waals surface area contributed by atoms with Crippen LogP contribution >= 0.6 is 34.9 Å². The third-order valence-electron chi connectivity index (χ3n) is 2.98. The van der Waals surface area contributed by atoms with Crippen LogP contribution in [0.25, 0.3) is 0 Å². The van der Waals surface area contributed by atoms with Gasteiger partial charge in [-0.2, -0.15) is 4.37 Å². The molecule has 0 radical (unpaired) electrons. The van der Waals surface area contributed by atoms with Crippen molar-refractivity contribution in [2.45, 2.75) is 36.5 Å². The summed E-state index contributed by atoms with van der Waals surface area (Å²) in [5.41, 5.74) is 0. The van der Waals surface area contributed by atoms with Gasteiger partial charge in [-0.05, 0) is 61.4 Å². The molecule has 0 saturated carbocycles. The fourth-order valence-corrected chi connectivity index (χ4v) is 3.69. The smallest absolute Gasteiger partial charge is 0.198 e. The highest BCUT2D eigenvalue weighted by Crippen LogP contribution is 2.28. The Morgan fingerprint density at radius 2 is 2.04 bits per heavy atom. The average Bonchev–Trinajstić information content (AvgIpc) is 3.13. The molecule has 0 unspecified atom stereocenters. The lowest BCUT2D eigenvalue weighted by molar-refractivity contribution is 0.288. The SMILES string of the molecule is CCn1c(COc2ccc(Cl)cc2)nnc1Sc1nc(C)ns1. The lowest BCUT2D eigenvalue weighted by Gasteiger charge is -2.08. The van der Waals surface area contributed by atoms with Crippen LogP contribution in [-0.4, -0.2) is 24.1 Å².